The molecular formula is C13H17BrFNO2. The van der Waals surface area contributed by atoms with Gasteiger partial charge >= 0.3 is 0 Å². The zero-order chi connectivity index (χ0) is 13.0. The highest BCUT2D eigenvalue weighted by atomic mass is 79.9. The standard InChI is InChI=1S/C13H17BrFNO2/c14-11-7-10(1-2-12(11)15)8-16-9-13(17)3-5-18-6-4-13/h1-2,7,16-17H,3-6,8-9H2. The lowest BCUT2D eigenvalue weighted by atomic mass is 9.94. The van der Waals surface area contributed by atoms with Crippen LogP contribution < -0.4 is 5.32 Å². The van der Waals surface area contributed by atoms with Crippen LogP contribution in [0.25, 0.3) is 0 Å². The van der Waals surface area contributed by atoms with Gasteiger partial charge in [0.15, 0.2) is 0 Å². The van der Waals surface area contributed by atoms with E-state index in [0.717, 1.165) is 5.56 Å². The summed E-state index contributed by atoms with van der Waals surface area (Å²) < 4.78 is 18.7. The quantitative estimate of drug-likeness (QED) is 0.894. The second kappa shape index (κ2) is 6.10. The summed E-state index contributed by atoms with van der Waals surface area (Å²) in [4.78, 5) is 0. The predicted octanol–water partition coefficient (Wildman–Crippen LogP) is 2.22. The smallest absolute Gasteiger partial charge is 0.137 e. The number of hydrogen-bond donors (Lipinski definition) is 2. The first-order valence-corrected chi connectivity index (χ1v) is 6.83. The molecule has 2 rings (SSSR count). The summed E-state index contributed by atoms with van der Waals surface area (Å²) in [6.07, 6.45) is 1.32. The van der Waals surface area contributed by atoms with Crippen molar-refractivity contribution in [2.24, 2.45) is 0 Å². The first-order chi connectivity index (χ1) is 8.59. The molecule has 0 bridgehead atoms. The molecule has 0 aliphatic carbocycles. The van der Waals surface area contributed by atoms with Crippen molar-refractivity contribution in [1.82, 2.24) is 5.32 Å². The molecule has 1 heterocycles. The molecule has 1 saturated heterocycles. The van der Waals surface area contributed by atoms with Gasteiger partial charge in [-0.1, -0.05) is 6.07 Å². The van der Waals surface area contributed by atoms with E-state index in [1.165, 1.54) is 6.07 Å². The van der Waals surface area contributed by atoms with E-state index in [2.05, 4.69) is 21.2 Å². The molecule has 0 saturated carbocycles. The number of nitrogens with one attached hydrogen (secondary N) is 1. The zero-order valence-corrected chi connectivity index (χ0v) is 11.7. The number of ether oxygens (including phenoxy) is 1. The summed E-state index contributed by atoms with van der Waals surface area (Å²) in [5, 5.41) is 13.4. The van der Waals surface area contributed by atoms with E-state index in [-0.39, 0.29) is 5.82 Å². The summed E-state index contributed by atoms with van der Waals surface area (Å²) in [6.45, 7) is 2.37. The topological polar surface area (TPSA) is 41.5 Å². The Labute approximate surface area is 114 Å². The SMILES string of the molecule is OC1(CNCc2ccc(F)c(Br)c2)CCOCC1. The molecule has 2 N–H and O–H groups in total. The molecule has 1 aliphatic heterocycles. The van der Waals surface area contributed by atoms with E-state index in [1.807, 2.05) is 0 Å². The van der Waals surface area contributed by atoms with Gasteiger partial charge in [0, 0.05) is 39.1 Å². The van der Waals surface area contributed by atoms with Gasteiger partial charge in [-0.25, -0.2) is 4.39 Å². The first-order valence-electron chi connectivity index (χ1n) is 6.04. The van der Waals surface area contributed by atoms with Gasteiger partial charge in [0.1, 0.15) is 5.82 Å². The normalized spacial score (nSPS) is 18.8. The minimum absolute atomic E-state index is 0.262. The lowest BCUT2D eigenvalue weighted by molar-refractivity contribution is -0.0617. The molecule has 5 heteroatoms. The number of rotatable bonds is 4. The Balaban J connectivity index is 1.82. The molecule has 0 radical (unpaired) electrons. The third-order valence-electron chi connectivity index (χ3n) is 3.19. The minimum atomic E-state index is -0.671. The predicted molar refractivity (Wildman–Crippen MR) is 70.8 cm³/mol. The van der Waals surface area contributed by atoms with E-state index in [0.29, 0.717) is 43.6 Å². The second-order valence-electron chi connectivity index (χ2n) is 4.69. The average Bonchev–Trinajstić information content (AvgIpc) is 2.34. The van der Waals surface area contributed by atoms with Crippen LogP contribution in [-0.4, -0.2) is 30.5 Å². The molecule has 1 aromatic rings. The van der Waals surface area contributed by atoms with Gasteiger partial charge in [0.2, 0.25) is 0 Å². The molecule has 0 atom stereocenters. The second-order valence-corrected chi connectivity index (χ2v) is 5.54. The van der Waals surface area contributed by atoms with Crippen LogP contribution in [0.1, 0.15) is 18.4 Å². The zero-order valence-electron chi connectivity index (χ0n) is 10.1. The number of aliphatic hydroxyl groups is 1. The molecular weight excluding hydrogens is 301 g/mol. The van der Waals surface area contributed by atoms with Crippen LogP contribution in [-0.2, 0) is 11.3 Å². The van der Waals surface area contributed by atoms with Gasteiger partial charge in [-0.05, 0) is 33.6 Å². The fourth-order valence-corrected chi connectivity index (χ4v) is 2.44. The molecule has 0 unspecified atom stereocenters. The Bertz CT molecular complexity index is 408. The minimum Gasteiger partial charge on any atom is -0.388 e. The van der Waals surface area contributed by atoms with E-state index in [9.17, 15) is 9.50 Å². The van der Waals surface area contributed by atoms with Gasteiger partial charge in [0.25, 0.3) is 0 Å². The lowest BCUT2D eigenvalue weighted by Gasteiger charge is -2.32. The van der Waals surface area contributed by atoms with Gasteiger partial charge < -0.3 is 15.2 Å². The van der Waals surface area contributed by atoms with Crippen LogP contribution in [0.4, 0.5) is 4.39 Å². The molecule has 0 aromatic heterocycles. The van der Waals surface area contributed by atoms with Crippen LogP contribution in [0.3, 0.4) is 0 Å². The maximum atomic E-state index is 13.1. The van der Waals surface area contributed by atoms with E-state index >= 15 is 0 Å². The van der Waals surface area contributed by atoms with Crippen LogP contribution in [0.15, 0.2) is 22.7 Å². The third kappa shape index (κ3) is 3.75. The Kier molecular flexibility index (Phi) is 4.72. The average molecular weight is 318 g/mol. The molecule has 100 valence electrons. The number of benzene rings is 1. The Morgan fingerprint density at radius 1 is 1.39 bits per heavy atom. The highest BCUT2D eigenvalue weighted by Gasteiger charge is 2.28. The molecule has 3 nitrogen and oxygen atoms in total. The summed E-state index contributed by atoms with van der Waals surface area (Å²) in [7, 11) is 0. The van der Waals surface area contributed by atoms with E-state index < -0.39 is 5.60 Å². The van der Waals surface area contributed by atoms with Gasteiger partial charge in [-0.3, -0.25) is 0 Å². The monoisotopic (exact) mass is 317 g/mol. The van der Waals surface area contributed by atoms with Crippen molar-refractivity contribution in [1.29, 1.82) is 0 Å². The van der Waals surface area contributed by atoms with E-state index in [1.54, 1.807) is 12.1 Å². The van der Waals surface area contributed by atoms with Crippen molar-refractivity contribution in [2.75, 3.05) is 19.8 Å². The first kappa shape index (κ1) is 13.9. The highest BCUT2D eigenvalue weighted by Crippen LogP contribution is 2.20. The van der Waals surface area contributed by atoms with Crippen molar-refractivity contribution in [2.45, 2.75) is 25.0 Å². The van der Waals surface area contributed by atoms with Crippen LogP contribution >= 0.6 is 15.9 Å². The van der Waals surface area contributed by atoms with E-state index in [4.69, 9.17) is 4.74 Å². The number of halogens is 2. The molecule has 1 aromatic carbocycles. The van der Waals surface area contributed by atoms with Crippen LogP contribution in [0.2, 0.25) is 0 Å². The summed E-state index contributed by atoms with van der Waals surface area (Å²) >= 11 is 3.16. The molecule has 1 fully saturated rings. The van der Waals surface area contributed by atoms with Crippen molar-refractivity contribution >= 4 is 15.9 Å². The van der Waals surface area contributed by atoms with Crippen molar-refractivity contribution in [3.05, 3.63) is 34.1 Å². The largest absolute Gasteiger partial charge is 0.388 e. The molecule has 0 amide bonds. The maximum absolute atomic E-state index is 13.1. The van der Waals surface area contributed by atoms with Gasteiger partial charge in [-0.2, -0.15) is 0 Å². The fourth-order valence-electron chi connectivity index (χ4n) is 2.02. The third-order valence-corrected chi connectivity index (χ3v) is 3.80. The van der Waals surface area contributed by atoms with Crippen LogP contribution in [0, 0.1) is 5.82 Å². The summed E-state index contributed by atoms with van der Waals surface area (Å²) in [5.41, 5.74) is 0.314. The van der Waals surface area contributed by atoms with Gasteiger partial charge in [0.05, 0.1) is 10.1 Å². The fraction of sp³-hybridized carbons (Fsp3) is 0.538. The van der Waals surface area contributed by atoms with Crippen LogP contribution in [0.5, 0.6) is 0 Å². The van der Waals surface area contributed by atoms with Gasteiger partial charge in [-0.15, -0.1) is 0 Å². The Morgan fingerprint density at radius 2 is 2.11 bits per heavy atom. The number of hydrogen-bond acceptors (Lipinski definition) is 3. The van der Waals surface area contributed by atoms with Crippen molar-refractivity contribution in [3.8, 4) is 0 Å². The summed E-state index contributed by atoms with van der Waals surface area (Å²) in [5.74, 6) is -0.262. The Morgan fingerprint density at radius 3 is 2.78 bits per heavy atom. The van der Waals surface area contributed by atoms with Crippen molar-refractivity contribution < 1.29 is 14.2 Å². The maximum Gasteiger partial charge on any atom is 0.137 e. The summed E-state index contributed by atoms with van der Waals surface area (Å²) in [6, 6.07) is 4.92. The van der Waals surface area contributed by atoms with Crippen molar-refractivity contribution in [3.63, 3.8) is 0 Å². The molecule has 1 aliphatic rings. The Hall–Kier alpha value is -0.490. The molecule has 18 heavy (non-hydrogen) atoms. The highest BCUT2D eigenvalue weighted by molar-refractivity contribution is 9.10. The molecule has 0 spiro atoms. The lowest BCUT2D eigenvalue weighted by Crippen LogP contribution is -2.44.